The van der Waals surface area contributed by atoms with Crippen LogP contribution in [0.3, 0.4) is 0 Å². The molecule has 0 radical (unpaired) electrons. The van der Waals surface area contributed by atoms with E-state index in [2.05, 4.69) is 4.98 Å². The zero-order valence-corrected chi connectivity index (χ0v) is 15.8. The van der Waals surface area contributed by atoms with Gasteiger partial charge in [0.1, 0.15) is 5.15 Å². The lowest BCUT2D eigenvalue weighted by Crippen LogP contribution is -2.46. The van der Waals surface area contributed by atoms with Crippen molar-refractivity contribution in [1.82, 2.24) is 14.8 Å². The van der Waals surface area contributed by atoms with Gasteiger partial charge < -0.3 is 19.3 Å². The molecule has 1 aromatic rings. The minimum atomic E-state index is -0.721. The molecular weight excluding hydrogens is 362 g/mol. The monoisotopic (exact) mass is 383 g/mol. The molecule has 0 N–H and O–H groups in total. The summed E-state index contributed by atoms with van der Waals surface area (Å²) in [4.78, 5) is 43.3. The predicted molar refractivity (Wildman–Crippen MR) is 94.0 cm³/mol. The van der Waals surface area contributed by atoms with E-state index in [-0.39, 0.29) is 23.2 Å². The van der Waals surface area contributed by atoms with Crippen LogP contribution in [0.25, 0.3) is 0 Å². The number of carbonyl (C=O) groups is 3. The van der Waals surface area contributed by atoms with E-state index in [1.807, 2.05) is 0 Å². The molecule has 2 heterocycles. The fourth-order valence-electron chi connectivity index (χ4n) is 2.55. The molecule has 1 fully saturated rings. The molecule has 1 aliphatic heterocycles. The van der Waals surface area contributed by atoms with Gasteiger partial charge in [0.2, 0.25) is 5.91 Å². The second kappa shape index (κ2) is 8.95. The third-order valence-electron chi connectivity index (χ3n) is 3.99. The number of amides is 2. The van der Waals surface area contributed by atoms with Crippen molar-refractivity contribution < 1.29 is 23.9 Å². The Hall–Kier alpha value is -2.19. The van der Waals surface area contributed by atoms with Crippen molar-refractivity contribution in [3.63, 3.8) is 0 Å². The molecule has 0 aliphatic carbocycles. The number of pyridine rings is 1. The Kier molecular flexibility index (Phi) is 6.93. The molecule has 0 unspecified atom stereocenters. The van der Waals surface area contributed by atoms with E-state index < -0.39 is 18.5 Å². The van der Waals surface area contributed by atoms with Crippen molar-refractivity contribution in [2.24, 2.45) is 0 Å². The molecular formula is C17H22ClN3O5. The minimum Gasteiger partial charge on any atom is -0.452 e. The zero-order chi connectivity index (χ0) is 19.3. The summed E-state index contributed by atoms with van der Waals surface area (Å²) in [7, 11) is 1.49. The summed E-state index contributed by atoms with van der Waals surface area (Å²) in [6.45, 7) is 4.92. The average Bonchev–Trinajstić information content (AvgIpc) is 2.59. The highest BCUT2D eigenvalue weighted by Crippen LogP contribution is 2.19. The lowest BCUT2D eigenvalue weighted by Gasteiger charge is -2.28. The number of morpholine rings is 1. The van der Waals surface area contributed by atoms with E-state index in [1.165, 1.54) is 11.9 Å². The number of aromatic nitrogens is 1. The molecule has 1 aliphatic rings. The molecule has 0 atom stereocenters. The molecule has 0 bridgehead atoms. The van der Waals surface area contributed by atoms with Crippen molar-refractivity contribution in [2.45, 2.75) is 13.8 Å². The van der Waals surface area contributed by atoms with E-state index >= 15 is 0 Å². The van der Waals surface area contributed by atoms with Crippen LogP contribution >= 0.6 is 11.6 Å². The minimum absolute atomic E-state index is 0.0378. The summed E-state index contributed by atoms with van der Waals surface area (Å²) in [5.41, 5.74) is 1.44. The van der Waals surface area contributed by atoms with E-state index in [0.717, 1.165) is 0 Å². The number of likely N-dealkylation sites (N-methyl/N-ethyl adjacent to an activating group) is 1. The summed E-state index contributed by atoms with van der Waals surface area (Å²) in [5, 5.41) is 0.0378. The van der Waals surface area contributed by atoms with Crippen molar-refractivity contribution in [1.29, 1.82) is 0 Å². The lowest BCUT2D eigenvalue weighted by molar-refractivity contribution is -0.143. The molecule has 8 nitrogen and oxygen atoms in total. The van der Waals surface area contributed by atoms with Crippen LogP contribution in [0.1, 0.15) is 21.6 Å². The third kappa shape index (κ3) is 5.15. The first kappa shape index (κ1) is 20.1. The van der Waals surface area contributed by atoms with Gasteiger partial charge in [-0.05, 0) is 25.5 Å². The van der Waals surface area contributed by atoms with Gasteiger partial charge in [0.25, 0.3) is 5.91 Å². The molecule has 2 amide bonds. The second-order valence-corrected chi connectivity index (χ2v) is 6.42. The van der Waals surface area contributed by atoms with E-state index in [0.29, 0.717) is 37.6 Å². The number of aryl methyl sites for hydroxylation is 2. The van der Waals surface area contributed by atoms with Gasteiger partial charge >= 0.3 is 5.97 Å². The molecule has 0 spiro atoms. The second-order valence-electron chi connectivity index (χ2n) is 6.07. The molecule has 1 saturated heterocycles. The Labute approximate surface area is 157 Å². The first-order chi connectivity index (χ1) is 12.3. The van der Waals surface area contributed by atoms with Crippen LogP contribution < -0.4 is 0 Å². The van der Waals surface area contributed by atoms with Crippen LogP contribution in [0.2, 0.25) is 5.15 Å². The van der Waals surface area contributed by atoms with Gasteiger partial charge in [0.15, 0.2) is 6.61 Å². The summed E-state index contributed by atoms with van der Waals surface area (Å²) >= 11 is 5.99. The summed E-state index contributed by atoms with van der Waals surface area (Å²) in [6.07, 6.45) is 0. The first-order valence-electron chi connectivity index (χ1n) is 8.20. The fourth-order valence-corrected chi connectivity index (χ4v) is 2.91. The molecule has 2 rings (SSSR count). The van der Waals surface area contributed by atoms with E-state index in [9.17, 15) is 14.4 Å². The van der Waals surface area contributed by atoms with Crippen LogP contribution in [0.15, 0.2) is 6.07 Å². The first-order valence-corrected chi connectivity index (χ1v) is 8.57. The van der Waals surface area contributed by atoms with Gasteiger partial charge in [-0.3, -0.25) is 9.59 Å². The zero-order valence-electron chi connectivity index (χ0n) is 15.1. The highest BCUT2D eigenvalue weighted by molar-refractivity contribution is 6.32. The van der Waals surface area contributed by atoms with Crippen molar-refractivity contribution in [3.05, 3.63) is 28.0 Å². The van der Waals surface area contributed by atoms with E-state index in [1.54, 1.807) is 24.8 Å². The lowest BCUT2D eigenvalue weighted by atomic mass is 10.1. The Morgan fingerprint density at radius 1 is 1.31 bits per heavy atom. The maximum atomic E-state index is 12.2. The molecule has 0 saturated carbocycles. The topological polar surface area (TPSA) is 89.0 Å². The number of rotatable bonds is 5. The Balaban J connectivity index is 1.87. The number of nitrogens with zero attached hydrogens (tertiary/aromatic N) is 3. The number of hydrogen-bond donors (Lipinski definition) is 0. The Morgan fingerprint density at radius 3 is 2.58 bits per heavy atom. The van der Waals surface area contributed by atoms with Crippen molar-refractivity contribution in [2.75, 3.05) is 46.5 Å². The standard InChI is InChI=1S/C17H22ClN3O5/c1-11-8-12(2)19-16(18)15(11)17(24)26-10-14(23)20(3)9-13(22)21-4-6-25-7-5-21/h8H,4-7,9-10H2,1-3H3. The summed E-state index contributed by atoms with van der Waals surface area (Å²) < 4.78 is 10.2. The Bertz CT molecular complexity index is 681. The van der Waals surface area contributed by atoms with Crippen LogP contribution in [-0.4, -0.2) is 79.1 Å². The molecule has 26 heavy (non-hydrogen) atoms. The van der Waals surface area contributed by atoms with Crippen LogP contribution in [-0.2, 0) is 19.1 Å². The van der Waals surface area contributed by atoms with Gasteiger partial charge in [-0.2, -0.15) is 0 Å². The van der Waals surface area contributed by atoms with Gasteiger partial charge in [-0.1, -0.05) is 11.6 Å². The number of hydrogen-bond acceptors (Lipinski definition) is 6. The van der Waals surface area contributed by atoms with Gasteiger partial charge in [0.05, 0.1) is 25.3 Å². The van der Waals surface area contributed by atoms with Crippen molar-refractivity contribution in [3.8, 4) is 0 Å². The van der Waals surface area contributed by atoms with Crippen LogP contribution in [0.5, 0.6) is 0 Å². The maximum Gasteiger partial charge on any atom is 0.342 e. The number of halogens is 1. The Morgan fingerprint density at radius 2 is 1.96 bits per heavy atom. The van der Waals surface area contributed by atoms with Gasteiger partial charge in [-0.25, -0.2) is 9.78 Å². The molecule has 142 valence electrons. The quantitative estimate of drug-likeness (QED) is 0.552. The summed E-state index contributed by atoms with van der Waals surface area (Å²) in [6, 6.07) is 1.71. The smallest absolute Gasteiger partial charge is 0.342 e. The van der Waals surface area contributed by atoms with Crippen LogP contribution in [0.4, 0.5) is 0 Å². The summed E-state index contributed by atoms with van der Waals surface area (Å²) in [5.74, 6) is -1.37. The number of esters is 1. The predicted octanol–water partition coefficient (Wildman–Crippen LogP) is 0.826. The highest BCUT2D eigenvalue weighted by Gasteiger charge is 2.22. The van der Waals surface area contributed by atoms with Gasteiger partial charge in [-0.15, -0.1) is 0 Å². The SMILES string of the molecule is Cc1cc(C)c(C(=O)OCC(=O)N(C)CC(=O)N2CCOCC2)c(Cl)n1. The fraction of sp³-hybridized carbons (Fsp3) is 0.529. The van der Waals surface area contributed by atoms with Crippen LogP contribution in [0, 0.1) is 13.8 Å². The normalized spacial score (nSPS) is 14.1. The third-order valence-corrected chi connectivity index (χ3v) is 4.27. The maximum absolute atomic E-state index is 12.2. The number of ether oxygens (including phenoxy) is 2. The molecule has 0 aromatic carbocycles. The number of carbonyl (C=O) groups excluding carboxylic acids is 3. The van der Waals surface area contributed by atoms with E-state index in [4.69, 9.17) is 21.1 Å². The average molecular weight is 384 g/mol. The van der Waals surface area contributed by atoms with Crippen molar-refractivity contribution >= 4 is 29.4 Å². The largest absolute Gasteiger partial charge is 0.452 e. The molecule has 9 heteroatoms. The highest BCUT2D eigenvalue weighted by atomic mass is 35.5. The van der Waals surface area contributed by atoms with Gasteiger partial charge in [0, 0.05) is 25.8 Å². The molecule has 1 aromatic heterocycles.